The first-order valence-electron chi connectivity index (χ1n) is 13.1. The fourth-order valence-electron chi connectivity index (χ4n) is 7.66. The zero-order chi connectivity index (χ0) is 25.3. The van der Waals surface area contributed by atoms with Gasteiger partial charge in [-0.3, -0.25) is 4.68 Å². The van der Waals surface area contributed by atoms with Gasteiger partial charge in [0, 0.05) is 17.8 Å². The Morgan fingerprint density at radius 2 is 1.78 bits per heavy atom. The van der Waals surface area contributed by atoms with Crippen LogP contribution in [0.25, 0.3) is 26.5 Å². The van der Waals surface area contributed by atoms with Crippen LogP contribution in [-0.2, 0) is 11.3 Å². The molecule has 4 heterocycles. The molecule has 10 heteroatoms. The molecule has 0 radical (unpaired) electrons. The molecular weight excluding hydrogens is 508 g/mol. The summed E-state index contributed by atoms with van der Waals surface area (Å²) in [6.07, 6.45) is 11.9. The second-order valence-corrected chi connectivity index (χ2v) is 12.6. The number of nitrogens with zero attached hydrogens (tertiary/aromatic N) is 6. The third-order valence-corrected chi connectivity index (χ3v) is 10.1. The van der Waals surface area contributed by atoms with E-state index in [0.29, 0.717) is 22.0 Å². The summed E-state index contributed by atoms with van der Waals surface area (Å²) in [6, 6.07) is 3.51. The summed E-state index contributed by atoms with van der Waals surface area (Å²) < 4.78 is 9.31. The summed E-state index contributed by atoms with van der Waals surface area (Å²) in [5, 5.41) is 17.9. The van der Waals surface area contributed by atoms with Gasteiger partial charge in [0.15, 0.2) is 10.8 Å². The van der Waals surface area contributed by atoms with Gasteiger partial charge in [0.05, 0.1) is 35.1 Å². The minimum Gasteiger partial charge on any atom is -0.461 e. The molecule has 4 bridgehead atoms. The maximum Gasteiger partial charge on any atom is 0.358 e. The smallest absolute Gasteiger partial charge is 0.358 e. The van der Waals surface area contributed by atoms with E-state index in [4.69, 9.17) is 21.4 Å². The zero-order valence-corrected chi connectivity index (χ0v) is 22.6. The van der Waals surface area contributed by atoms with Crippen LogP contribution in [0.5, 0.6) is 0 Å². The summed E-state index contributed by atoms with van der Waals surface area (Å²) in [6.45, 7) is 5.18. The van der Waals surface area contributed by atoms with E-state index in [1.54, 1.807) is 16.8 Å². The van der Waals surface area contributed by atoms with Crippen molar-refractivity contribution in [2.75, 3.05) is 6.61 Å². The maximum absolute atomic E-state index is 13.2. The highest BCUT2D eigenvalue weighted by Crippen LogP contribution is 2.60. The molecule has 0 aliphatic heterocycles. The number of carbonyl (C=O) groups is 1. The van der Waals surface area contributed by atoms with E-state index in [-0.39, 0.29) is 6.61 Å². The van der Waals surface area contributed by atoms with Crippen molar-refractivity contribution in [3.8, 4) is 21.7 Å². The van der Waals surface area contributed by atoms with Crippen LogP contribution in [0.1, 0.15) is 61.6 Å². The summed E-state index contributed by atoms with van der Waals surface area (Å²) in [5.74, 6) is 2.30. The third kappa shape index (κ3) is 3.81. The summed E-state index contributed by atoms with van der Waals surface area (Å²) >= 11 is 7.45. The molecule has 0 aromatic carbocycles. The summed E-state index contributed by atoms with van der Waals surface area (Å²) in [4.78, 5) is 14.8. The number of carbonyl (C=O) groups excluding carboxylic acids is 1. The number of rotatable bonds is 6. The molecule has 0 spiro atoms. The second-order valence-electron chi connectivity index (χ2n) is 11.2. The molecule has 4 fully saturated rings. The molecule has 0 amide bonds. The Bertz CT molecular complexity index is 1470. The van der Waals surface area contributed by atoms with Crippen LogP contribution in [0, 0.1) is 30.1 Å². The van der Waals surface area contributed by atoms with Gasteiger partial charge in [-0.1, -0.05) is 11.6 Å². The van der Waals surface area contributed by atoms with Crippen molar-refractivity contribution in [3.05, 3.63) is 41.1 Å². The predicted octanol–water partition coefficient (Wildman–Crippen LogP) is 6.07. The SMILES string of the molecule is CCOC(=O)c1c(-c2cnn(CC34CC5CC(CC(C5)C3)C4)c2C)sc2c(-c3ccc(Cl)nn3)cnn12. The van der Waals surface area contributed by atoms with Crippen LogP contribution < -0.4 is 0 Å². The van der Waals surface area contributed by atoms with E-state index in [1.807, 2.05) is 19.2 Å². The largest absolute Gasteiger partial charge is 0.461 e. The van der Waals surface area contributed by atoms with Crippen LogP contribution in [0.4, 0.5) is 0 Å². The first-order chi connectivity index (χ1) is 17.9. The van der Waals surface area contributed by atoms with Gasteiger partial charge in [-0.05, 0) is 87.7 Å². The Labute approximate surface area is 224 Å². The average molecular weight is 537 g/mol. The molecule has 0 unspecified atom stereocenters. The Hall–Kier alpha value is -2.78. The van der Waals surface area contributed by atoms with Crippen LogP contribution >= 0.6 is 22.9 Å². The fourth-order valence-corrected chi connectivity index (χ4v) is 9.03. The normalized spacial score (nSPS) is 26.3. The van der Waals surface area contributed by atoms with E-state index in [2.05, 4.69) is 26.9 Å². The number of fused-ring (bicyclic) bond motifs is 1. The molecule has 37 heavy (non-hydrogen) atoms. The van der Waals surface area contributed by atoms with Crippen molar-refractivity contribution >= 4 is 33.7 Å². The maximum atomic E-state index is 13.2. The monoisotopic (exact) mass is 536 g/mol. The second kappa shape index (κ2) is 8.63. The lowest BCUT2D eigenvalue weighted by atomic mass is 9.49. The zero-order valence-electron chi connectivity index (χ0n) is 21.0. The number of aromatic nitrogens is 6. The Balaban J connectivity index is 1.29. The number of hydrogen-bond donors (Lipinski definition) is 0. The van der Waals surface area contributed by atoms with E-state index in [9.17, 15) is 4.79 Å². The van der Waals surface area contributed by atoms with Gasteiger partial charge < -0.3 is 4.74 Å². The van der Waals surface area contributed by atoms with Gasteiger partial charge in [-0.25, -0.2) is 9.31 Å². The molecule has 8 rings (SSSR count). The number of ether oxygens (including phenoxy) is 1. The molecule has 4 aromatic rings. The molecule has 0 N–H and O–H groups in total. The molecule has 0 atom stereocenters. The quantitative estimate of drug-likeness (QED) is 0.278. The Morgan fingerprint density at radius 1 is 1.08 bits per heavy atom. The third-order valence-electron chi connectivity index (χ3n) is 8.73. The minimum absolute atomic E-state index is 0.288. The topological polar surface area (TPSA) is 87.2 Å². The van der Waals surface area contributed by atoms with E-state index >= 15 is 0 Å². The number of hydrogen-bond acceptors (Lipinski definition) is 7. The summed E-state index contributed by atoms with van der Waals surface area (Å²) in [7, 11) is 0. The van der Waals surface area contributed by atoms with Gasteiger partial charge >= 0.3 is 5.97 Å². The Morgan fingerprint density at radius 3 is 2.43 bits per heavy atom. The molecule has 192 valence electrons. The lowest BCUT2D eigenvalue weighted by Gasteiger charge is -2.56. The fraction of sp³-hybridized carbons (Fsp3) is 0.519. The molecule has 4 saturated carbocycles. The van der Waals surface area contributed by atoms with Crippen molar-refractivity contribution in [1.29, 1.82) is 0 Å². The molecule has 0 saturated heterocycles. The van der Waals surface area contributed by atoms with Crippen molar-refractivity contribution in [2.45, 2.75) is 58.9 Å². The minimum atomic E-state index is -0.395. The first-order valence-corrected chi connectivity index (χ1v) is 14.3. The highest BCUT2D eigenvalue weighted by Gasteiger charge is 2.51. The van der Waals surface area contributed by atoms with E-state index in [0.717, 1.165) is 50.8 Å². The lowest BCUT2D eigenvalue weighted by molar-refractivity contribution is -0.0638. The van der Waals surface area contributed by atoms with Crippen molar-refractivity contribution < 1.29 is 9.53 Å². The Kier molecular flexibility index (Phi) is 5.44. The first kappa shape index (κ1) is 23.3. The molecule has 4 aromatic heterocycles. The van der Waals surface area contributed by atoms with Crippen molar-refractivity contribution in [3.63, 3.8) is 0 Å². The van der Waals surface area contributed by atoms with Crippen LogP contribution in [-0.4, -0.2) is 42.2 Å². The van der Waals surface area contributed by atoms with Gasteiger partial charge in [0.25, 0.3) is 0 Å². The average Bonchev–Trinajstić information content (AvgIpc) is 3.52. The lowest BCUT2D eigenvalue weighted by Crippen LogP contribution is -2.48. The van der Waals surface area contributed by atoms with Crippen molar-refractivity contribution in [2.24, 2.45) is 23.2 Å². The number of thiazole rings is 1. The molecular formula is C27H29ClN6O2S. The van der Waals surface area contributed by atoms with Gasteiger partial charge in [-0.15, -0.1) is 21.5 Å². The van der Waals surface area contributed by atoms with Gasteiger partial charge in [-0.2, -0.15) is 10.2 Å². The number of esters is 1. The van der Waals surface area contributed by atoms with Crippen LogP contribution in [0.15, 0.2) is 24.5 Å². The van der Waals surface area contributed by atoms with Gasteiger partial charge in [0.1, 0.15) is 4.83 Å². The van der Waals surface area contributed by atoms with Gasteiger partial charge in [0.2, 0.25) is 0 Å². The van der Waals surface area contributed by atoms with E-state index in [1.165, 1.54) is 49.9 Å². The van der Waals surface area contributed by atoms with Crippen LogP contribution in [0.2, 0.25) is 5.15 Å². The van der Waals surface area contributed by atoms with Crippen molar-refractivity contribution in [1.82, 2.24) is 29.6 Å². The van der Waals surface area contributed by atoms with Crippen LogP contribution in [0.3, 0.4) is 0 Å². The standard InChI is InChI=1S/C27H29ClN6O2S/c1-3-36-26(35)23-24(37-25-20(13-30-34(23)25)21-4-5-22(28)32-31-21)19-12-29-33(15(19)2)14-27-9-16-6-17(10-27)8-18(7-16)11-27/h4-5,12-13,16-18H,3,6-11,14H2,1-2H3. The van der Waals surface area contributed by atoms with E-state index < -0.39 is 5.97 Å². The molecule has 8 nitrogen and oxygen atoms in total. The summed E-state index contributed by atoms with van der Waals surface area (Å²) in [5.41, 5.74) is 4.28. The molecule has 4 aliphatic carbocycles. The highest BCUT2D eigenvalue weighted by molar-refractivity contribution is 7.21. The predicted molar refractivity (Wildman–Crippen MR) is 142 cm³/mol. The molecule has 4 aliphatic rings. The number of halogens is 1. The highest BCUT2D eigenvalue weighted by atomic mass is 35.5.